The molecule has 1 aromatic carbocycles. The number of aryl methyl sites for hydroxylation is 1. The van der Waals surface area contributed by atoms with Crippen LogP contribution in [0, 0.1) is 6.92 Å². The van der Waals surface area contributed by atoms with E-state index in [2.05, 4.69) is 5.32 Å². The molecule has 0 aliphatic heterocycles. The Labute approximate surface area is 90.1 Å². The van der Waals surface area contributed by atoms with Crippen molar-refractivity contribution in [2.24, 2.45) is 0 Å². The molecule has 0 fully saturated rings. The van der Waals surface area contributed by atoms with Gasteiger partial charge in [-0.3, -0.25) is 4.79 Å². The molecule has 1 aromatic rings. The van der Waals surface area contributed by atoms with Crippen LogP contribution in [0.2, 0.25) is 0 Å². The highest BCUT2D eigenvalue weighted by Crippen LogP contribution is 2.05. The van der Waals surface area contributed by atoms with Crippen molar-refractivity contribution in [3.05, 3.63) is 35.4 Å². The summed E-state index contributed by atoms with van der Waals surface area (Å²) >= 11 is 0. The lowest BCUT2D eigenvalue weighted by atomic mass is 10.1. The number of carbonyl (C=O) groups excluding carboxylic acids is 1. The molecule has 0 radical (unpaired) electrons. The van der Waals surface area contributed by atoms with Crippen LogP contribution in [0.5, 0.6) is 0 Å². The summed E-state index contributed by atoms with van der Waals surface area (Å²) in [5, 5.41) is 12.1. The Hall–Kier alpha value is -1.35. The van der Waals surface area contributed by atoms with E-state index in [1.165, 1.54) is 13.8 Å². The zero-order valence-corrected chi connectivity index (χ0v) is 9.37. The van der Waals surface area contributed by atoms with Crippen LogP contribution in [0.3, 0.4) is 0 Å². The van der Waals surface area contributed by atoms with Crippen molar-refractivity contribution in [3.63, 3.8) is 0 Å². The van der Waals surface area contributed by atoms with E-state index < -0.39 is 5.60 Å². The largest absolute Gasteiger partial charge is 0.381 e. The minimum absolute atomic E-state index is 0.357. The average molecular weight is 207 g/mol. The predicted octanol–water partition coefficient (Wildman–Crippen LogP) is 1.38. The first-order valence-corrected chi connectivity index (χ1v) is 4.96. The molecule has 82 valence electrons. The zero-order valence-electron chi connectivity index (χ0n) is 9.37. The Morgan fingerprint density at radius 2 is 2.13 bits per heavy atom. The molecule has 0 aliphatic rings. The summed E-state index contributed by atoms with van der Waals surface area (Å²) < 4.78 is 0. The molecule has 0 spiro atoms. The highest BCUT2D eigenvalue weighted by Gasteiger charge is 2.22. The van der Waals surface area contributed by atoms with Crippen molar-refractivity contribution in [1.82, 2.24) is 5.32 Å². The maximum atomic E-state index is 11.4. The number of benzene rings is 1. The highest BCUT2D eigenvalue weighted by atomic mass is 16.3. The molecule has 0 atom stereocenters. The second-order valence-electron chi connectivity index (χ2n) is 4.23. The van der Waals surface area contributed by atoms with E-state index in [4.69, 9.17) is 0 Å². The predicted molar refractivity (Wildman–Crippen MR) is 59.3 cm³/mol. The smallest absolute Gasteiger partial charge is 0.251 e. The fraction of sp³-hybridized carbons (Fsp3) is 0.417. The van der Waals surface area contributed by atoms with E-state index in [1.807, 2.05) is 31.2 Å². The first-order valence-electron chi connectivity index (χ1n) is 4.96. The van der Waals surface area contributed by atoms with Gasteiger partial charge in [0.05, 0.1) is 0 Å². The fourth-order valence-corrected chi connectivity index (χ4v) is 1.22. The maximum Gasteiger partial charge on any atom is 0.251 e. The van der Waals surface area contributed by atoms with Gasteiger partial charge in [-0.05, 0) is 26.3 Å². The molecule has 2 N–H and O–H groups in total. The molecule has 0 aliphatic carbocycles. The Balaban J connectivity index is 2.55. The van der Waals surface area contributed by atoms with Crippen LogP contribution in [0.1, 0.15) is 25.0 Å². The van der Waals surface area contributed by atoms with Crippen molar-refractivity contribution < 1.29 is 9.90 Å². The lowest BCUT2D eigenvalue weighted by Gasteiger charge is -2.16. The van der Waals surface area contributed by atoms with Crippen LogP contribution in [0.4, 0.5) is 0 Å². The Kier molecular flexibility index (Phi) is 3.48. The third kappa shape index (κ3) is 3.72. The SMILES string of the molecule is Cc1cccc(CNC(=O)C(C)(C)O)c1. The van der Waals surface area contributed by atoms with Crippen molar-refractivity contribution >= 4 is 5.91 Å². The molecule has 0 saturated carbocycles. The molecule has 0 aromatic heterocycles. The average Bonchev–Trinajstić information content (AvgIpc) is 2.12. The number of hydrogen-bond donors (Lipinski definition) is 2. The normalized spacial score (nSPS) is 11.2. The maximum absolute atomic E-state index is 11.4. The van der Waals surface area contributed by atoms with Gasteiger partial charge in [0.1, 0.15) is 5.60 Å². The lowest BCUT2D eigenvalue weighted by molar-refractivity contribution is -0.136. The molecule has 0 saturated heterocycles. The quantitative estimate of drug-likeness (QED) is 0.786. The number of nitrogens with one attached hydrogen (secondary N) is 1. The third-order valence-electron chi connectivity index (χ3n) is 2.09. The molecule has 0 bridgehead atoms. The van der Waals surface area contributed by atoms with Crippen molar-refractivity contribution in [1.29, 1.82) is 0 Å². The summed E-state index contributed by atoms with van der Waals surface area (Å²) in [5.74, 6) is -0.357. The van der Waals surface area contributed by atoms with Gasteiger partial charge in [-0.1, -0.05) is 29.8 Å². The standard InChI is InChI=1S/C12H17NO2/c1-9-5-4-6-10(7-9)8-13-11(14)12(2,3)15/h4-7,15H,8H2,1-3H3,(H,13,14). The van der Waals surface area contributed by atoms with Crippen molar-refractivity contribution in [2.75, 3.05) is 0 Å². The molecule has 1 amide bonds. The summed E-state index contributed by atoms with van der Waals surface area (Å²) in [6.07, 6.45) is 0. The van der Waals surface area contributed by atoms with Gasteiger partial charge in [-0.2, -0.15) is 0 Å². The minimum Gasteiger partial charge on any atom is -0.381 e. The number of hydrogen-bond acceptors (Lipinski definition) is 2. The monoisotopic (exact) mass is 207 g/mol. The Morgan fingerprint density at radius 3 is 2.67 bits per heavy atom. The van der Waals surface area contributed by atoms with Crippen LogP contribution in [-0.4, -0.2) is 16.6 Å². The molecule has 0 heterocycles. The molecule has 1 rings (SSSR count). The van der Waals surface area contributed by atoms with E-state index in [-0.39, 0.29) is 5.91 Å². The summed E-state index contributed by atoms with van der Waals surface area (Å²) in [7, 11) is 0. The zero-order chi connectivity index (χ0) is 11.5. The third-order valence-corrected chi connectivity index (χ3v) is 2.09. The van der Waals surface area contributed by atoms with Gasteiger partial charge >= 0.3 is 0 Å². The summed E-state index contributed by atoms with van der Waals surface area (Å²) in [6, 6.07) is 7.89. The van der Waals surface area contributed by atoms with E-state index in [0.29, 0.717) is 6.54 Å². The molecule has 0 unspecified atom stereocenters. The van der Waals surface area contributed by atoms with Gasteiger partial charge in [-0.15, -0.1) is 0 Å². The van der Waals surface area contributed by atoms with Crippen LogP contribution >= 0.6 is 0 Å². The van der Waals surface area contributed by atoms with Gasteiger partial charge in [0.15, 0.2) is 0 Å². The molecule has 3 heteroatoms. The van der Waals surface area contributed by atoms with Crippen molar-refractivity contribution in [3.8, 4) is 0 Å². The van der Waals surface area contributed by atoms with Crippen LogP contribution in [-0.2, 0) is 11.3 Å². The van der Waals surface area contributed by atoms with Crippen molar-refractivity contribution in [2.45, 2.75) is 32.9 Å². The van der Waals surface area contributed by atoms with Crippen LogP contribution < -0.4 is 5.32 Å². The Bertz CT molecular complexity index is 353. The Morgan fingerprint density at radius 1 is 1.47 bits per heavy atom. The fourth-order valence-electron chi connectivity index (χ4n) is 1.22. The number of aliphatic hydroxyl groups is 1. The molecule has 3 nitrogen and oxygen atoms in total. The van der Waals surface area contributed by atoms with E-state index in [0.717, 1.165) is 11.1 Å². The number of carbonyl (C=O) groups is 1. The lowest BCUT2D eigenvalue weighted by Crippen LogP contribution is -2.41. The molecular weight excluding hydrogens is 190 g/mol. The van der Waals surface area contributed by atoms with E-state index in [9.17, 15) is 9.90 Å². The first-order chi connectivity index (χ1) is 6.89. The van der Waals surface area contributed by atoms with E-state index in [1.54, 1.807) is 0 Å². The molecular formula is C12H17NO2. The number of rotatable bonds is 3. The highest BCUT2D eigenvalue weighted by molar-refractivity contribution is 5.83. The first kappa shape index (κ1) is 11.7. The van der Waals surface area contributed by atoms with E-state index >= 15 is 0 Å². The van der Waals surface area contributed by atoms with Gasteiger partial charge in [0.25, 0.3) is 5.91 Å². The summed E-state index contributed by atoms with van der Waals surface area (Å²) in [4.78, 5) is 11.4. The second-order valence-corrected chi connectivity index (χ2v) is 4.23. The number of amides is 1. The van der Waals surface area contributed by atoms with Gasteiger partial charge in [0, 0.05) is 6.54 Å². The van der Waals surface area contributed by atoms with Gasteiger partial charge < -0.3 is 10.4 Å². The van der Waals surface area contributed by atoms with Crippen LogP contribution in [0.15, 0.2) is 24.3 Å². The van der Waals surface area contributed by atoms with Crippen LogP contribution in [0.25, 0.3) is 0 Å². The minimum atomic E-state index is -1.32. The molecule has 15 heavy (non-hydrogen) atoms. The topological polar surface area (TPSA) is 49.3 Å². The summed E-state index contributed by atoms with van der Waals surface area (Å²) in [5.41, 5.74) is 0.877. The van der Waals surface area contributed by atoms with Gasteiger partial charge in [-0.25, -0.2) is 0 Å². The summed E-state index contributed by atoms with van der Waals surface area (Å²) in [6.45, 7) is 5.39. The second kappa shape index (κ2) is 4.45. The van der Waals surface area contributed by atoms with Gasteiger partial charge in [0.2, 0.25) is 0 Å².